The molecule has 3 amide bonds. The number of hydrogen-bond donors (Lipinski definition) is 1. The van der Waals surface area contributed by atoms with Crippen LogP contribution in [0.2, 0.25) is 0 Å². The van der Waals surface area contributed by atoms with Crippen LogP contribution in [0.25, 0.3) is 0 Å². The average Bonchev–Trinajstić information content (AvgIpc) is 3.71. The minimum atomic E-state index is -0.901. The van der Waals surface area contributed by atoms with Gasteiger partial charge in [0.1, 0.15) is 11.6 Å². The molecule has 3 aliphatic heterocycles. The van der Waals surface area contributed by atoms with Gasteiger partial charge in [-0.2, -0.15) is 0 Å². The number of carbonyl (C=O) groups excluding carboxylic acids is 2. The molecule has 3 heterocycles. The maximum Gasteiger partial charge on any atom is 0.319 e. The lowest BCUT2D eigenvalue weighted by Gasteiger charge is -2.35. The Morgan fingerprint density at radius 2 is 1.87 bits per heavy atom. The van der Waals surface area contributed by atoms with Gasteiger partial charge in [0.05, 0.1) is 19.1 Å². The minimum absolute atomic E-state index is 0.0349. The molecule has 2 fully saturated rings. The molecule has 3 aliphatic rings. The predicted molar refractivity (Wildman–Crippen MR) is 171 cm³/mol. The van der Waals surface area contributed by atoms with Crippen LogP contribution in [0.4, 0.5) is 14.9 Å². The number of aryl methyl sites for hydroxylation is 1. The number of hydrogen-bond acceptors (Lipinski definition) is 5. The van der Waals surface area contributed by atoms with E-state index in [4.69, 9.17) is 4.74 Å². The second-order valence-electron chi connectivity index (χ2n) is 12.8. The van der Waals surface area contributed by atoms with E-state index in [-0.39, 0.29) is 36.3 Å². The normalized spacial score (nSPS) is 21.5. The summed E-state index contributed by atoms with van der Waals surface area (Å²) in [5, 5.41) is 10.6. The highest BCUT2D eigenvalue weighted by atomic mass is 19.1. The predicted octanol–water partition coefficient (Wildman–Crippen LogP) is 5.30. The average molecular weight is 623 g/mol. The zero-order chi connectivity index (χ0) is 32.2. The molecular weight excluding hydrogens is 575 g/mol. The first-order valence-corrected chi connectivity index (χ1v) is 16.4. The highest BCUT2D eigenvalue weighted by Crippen LogP contribution is 2.41. The third-order valence-corrected chi connectivity index (χ3v) is 9.81. The number of benzene rings is 2. The molecule has 0 saturated carbocycles. The summed E-state index contributed by atoms with van der Waals surface area (Å²) in [6, 6.07) is 10.2. The summed E-state index contributed by atoms with van der Waals surface area (Å²) < 4.78 is 20.0. The molecule has 0 spiro atoms. The van der Waals surface area contributed by atoms with Gasteiger partial charge < -0.3 is 24.5 Å². The molecule has 2 aromatic rings. The molecule has 1 N–H and O–H groups in total. The Labute approximate surface area is 265 Å². The molecule has 244 valence electrons. The second-order valence-corrected chi connectivity index (χ2v) is 12.8. The molecule has 10 heteroatoms. The molecular formula is C35H47FN4O5. The third kappa shape index (κ3) is 6.95. The third-order valence-electron chi connectivity index (χ3n) is 9.81. The fourth-order valence-electron chi connectivity index (χ4n) is 7.48. The lowest BCUT2D eigenvalue weighted by Crippen LogP contribution is -2.48. The number of rotatable bonds is 13. The number of carboxylic acids is 1. The van der Waals surface area contributed by atoms with E-state index >= 15 is 0 Å². The number of ether oxygens (including phenoxy) is 1. The van der Waals surface area contributed by atoms with E-state index in [2.05, 4.69) is 19.9 Å². The van der Waals surface area contributed by atoms with Gasteiger partial charge in [0.2, 0.25) is 5.91 Å². The van der Waals surface area contributed by atoms with Gasteiger partial charge in [-0.05, 0) is 67.1 Å². The van der Waals surface area contributed by atoms with Crippen molar-refractivity contribution in [1.82, 2.24) is 14.7 Å². The number of halogens is 1. The number of fused-ring (bicyclic) bond motifs is 1. The van der Waals surface area contributed by atoms with Crippen molar-refractivity contribution in [3.63, 3.8) is 0 Å². The van der Waals surface area contributed by atoms with E-state index in [1.165, 1.54) is 6.07 Å². The van der Waals surface area contributed by atoms with Crippen molar-refractivity contribution in [2.45, 2.75) is 77.3 Å². The van der Waals surface area contributed by atoms with Crippen molar-refractivity contribution in [1.29, 1.82) is 0 Å². The smallest absolute Gasteiger partial charge is 0.319 e. The van der Waals surface area contributed by atoms with Crippen molar-refractivity contribution >= 4 is 23.6 Å². The van der Waals surface area contributed by atoms with Crippen molar-refractivity contribution in [2.24, 2.45) is 5.92 Å². The lowest BCUT2D eigenvalue weighted by molar-refractivity contribution is -0.143. The summed E-state index contributed by atoms with van der Waals surface area (Å²) in [5.41, 5.74) is 3.15. The van der Waals surface area contributed by atoms with Gasteiger partial charge in [0, 0.05) is 63.3 Å². The zero-order valence-corrected chi connectivity index (χ0v) is 27.0. The van der Waals surface area contributed by atoms with Gasteiger partial charge in [0.15, 0.2) is 0 Å². The van der Waals surface area contributed by atoms with Crippen LogP contribution in [0.3, 0.4) is 0 Å². The highest BCUT2D eigenvalue weighted by Gasteiger charge is 2.48. The number of carbonyl (C=O) groups is 3. The van der Waals surface area contributed by atoms with Crippen LogP contribution in [0.15, 0.2) is 36.4 Å². The zero-order valence-electron chi connectivity index (χ0n) is 27.0. The number of urea groups is 1. The Balaban J connectivity index is 1.47. The highest BCUT2D eigenvalue weighted by molar-refractivity contribution is 5.95. The molecule has 2 aromatic carbocycles. The Morgan fingerprint density at radius 3 is 2.51 bits per heavy atom. The molecule has 0 bridgehead atoms. The van der Waals surface area contributed by atoms with Crippen LogP contribution in [0.5, 0.6) is 5.75 Å². The van der Waals surface area contributed by atoms with E-state index in [0.29, 0.717) is 50.5 Å². The number of likely N-dealkylation sites (N-methyl/N-ethyl adjacent to an activating group) is 1. The fourth-order valence-corrected chi connectivity index (χ4v) is 7.48. The number of nitrogens with zero attached hydrogens (tertiary/aromatic N) is 4. The first-order chi connectivity index (χ1) is 21.6. The Kier molecular flexibility index (Phi) is 10.3. The fraction of sp³-hybridized carbons (Fsp3) is 0.571. The van der Waals surface area contributed by atoms with Crippen LogP contribution in [0.1, 0.15) is 68.6 Å². The standard InChI is InChI=1S/C35H47FN4O5/c1-5-7-26(8-6-2)40(27-10-11-29(36)23(3)19-27)32(41)22-39-21-28(24-9-12-31-25(20-24)14-18-45-31)33(34(42)43)30(39)13-15-38-17-16-37(4)35(38)44/h9-12,19-20,26,28,30,33H,5-8,13-18,21-22H2,1-4H3,(H,42,43)/t28-,30+,33?/m1/s1. The molecule has 0 aliphatic carbocycles. The Hall–Kier alpha value is -3.66. The number of aliphatic carboxylic acids is 1. The van der Waals surface area contributed by atoms with Crippen LogP contribution < -0.4 is 9.64 Å². The minimum Gasteiger partial charge on any atom is -0.493 e. The molecule has 1 unspecified atom stereocenters. The summed E-state index contributed by atoms with van der Waals surface area (Å²) in [6.07, 6.45) is 4.63. The van der Waals surface area contributed by atoms with Crippen LogP contribution >= 0.6 is 0 Å². The SMILES string of the molecule is CCCC(CCC)N(C(=O)CN1C[C@H](c2ccc3c(c2)CCO3)C(C(=O)O)[C@@H]1CCN1CCN(C)C1=O)c1ccc(F)c(C)c1. The van der Waals surface area contributed by atoms with Crippen LogP contribution in [0, 0.1) is 18.7 Å². The summed E-state index contributed by atoms with van der Waals surface area (Å²) >= 11 is 0. The van der Waals surface area contributed by atoms with Crippen molar-refractivity contribution in [3.05, 3.63) is 58.9 Å². The maximum atomic E-state index is 14.4. The van der Waals surface area contributed by atoms with E-state index in [1.54, 1.807) is 35.9 Å². The molecule has 0 radical (unpaired) electrons. The van der Waals surface area contributed by atoms with Gasteiger partial charge in [-0.15, -0.1) is 0 Å². The van der Waals surface area contributed by atoms with Gasteiger partial charge >= 0.3 is 12.0 Å². The monoisotopic (exact) mass is 622 g/mol. The molecule has 9 nitrogen and oxygen atoms in total. The molecule has 45 heavy (non-hydrogen) atoms. The van der Waals surface area contributed by atoms with Gasteiger partial charge in [0.25, 0.3) is 0 Å². The molecule has 0 aromatic heterocycles. The summed E-state index contributed by atoms with van der Waals surface area (Å²) in [4.78, 5) is 47.4. The molecule has 5 rings (SSSR count). The number of amides is 3. The number of likely N-dealkylation sites (tertiary alicyclic amines) is 1. The van der Waals surface area contributed by atoms with Crippen molar-refractivity contribution in [2.75, 3.05) is 51.3 Å². The molecule has 3 atom stereocenters. The summed E-state index contributed by atoms with van der Waals surface area (Å²) in [6.45, 7) is 8.60. The van der Waals surface area contributed by atoms with Gasteiger partial charge in [-0.1, -0.05) is 38.8 Å². The summed E-state index contributed by atoms with van der Waals surface area (Å²) in [7, 11) is 1.77. The van der Waals surface area contributed by atoms with E-state index in [1.807, 2.05) is 21.9 Å². The molecule has 2 saturated heterocycles. The van der Waals surface area contributed by atoms with Crippen molar-refractivity contribution in [3.8, 4) is 5.75 Å². The Bertz CT molecular complexity index is 1400. The van der Waals surface area contributed by atoms with Crippen LogP contribution in [-0.4, -0.2) is 96.2 Å². The lowest BCUT2D eigenvalue weighted by atomic mass is 9.83. The number of anilines is 1. The quantitative estimate of drug-likeness (QED) is 0.326. The van der Waals surface area contributed by atoms with Gasteiger partial charge in [-0.25, -0.2) is 9.18 Å². The topological polar surface area (TPSA) is 93.6 Å². The van der Waals surface area contributed by atoms with Crippen LogP contribution in [-0.2, 0) is 16.0 Å². The van der Waals surface area contributed by atoms with E-state index < -0.39 is 17.9 Å². The largest absolute Gasteiger partial charge is 0.493 e. The van der Waals surface area contributed by atoms with Gasteiger partial charge in [-0.3, -0.25) is 14.5 Å². The first kappa shape index (κ1) is 32.7. The van der Waals surface area contributed by atoms with E-state index in [9.17, 15) is 23.9 Å². The Morgan fingerprint density at radius 1 is 1.11 bits per heavy atom. The second kappa shape index (κ2) is 14.2. The van der Waals surface area contributed by atoms with E-state index in [0.717, 1.165) is 49.0 Å². The van der Waals surface area contributed by atoms with Crippen molar-refractivity contribution < 1.29 is 28.6 Å². The first-order valence-electron chi connectivity index (χ1n) is 16.4. The maximum absolute atomic E-state index is 14.4. The number of carboxylic acid groups (broad SMARTS) is 1. The summed E-state index contributed by atoms with van der Waals surface area (Å²) in [5.74, 6) is -1.58.